The van der Waals surface area contributed by atoms with Gasteiger partial charge in [0.25, 0.3) is 5.91 Å². The molecule has 2 aromatic rings. The first kappa shape index (κ1) is 19.0. The second kappa shape index (κ2) is 6.92. The largest absolute Gasteiger partial charge is 0.316 e. The fourth-order valence-corrected chi connectivity index (χ4v) is 4.31. The van der Waals surface area contributed by atoms with Crippen molar-refractivity contribution in [3.63, 3.8) is 0 Å². The maximum atomic E-state index is 12.5. The Hall–Kier alpha value is -2.35. The first-order valence-electron chi connectivity index (χ1n) is 8.37. The van der Waals surface area contributed by atoms with Crippen LogP contribution in [0, 0.1) is 19.3 Å². The number of rotatable bonds is 2. The van der Waals surface area contributed by atoms with Crippen molar-refractivity contribution in [3.8, 4) is 5.69 Å². The number of hydrogen-bond acceptors (Lipinski definition) is 4. The lowest BCUT2D eigenvalue weighted by atomic mass is 10.1. The Balaban J connectivity index is 1.81. The Bertz CT molecular complexity index is 1150. The van der Waals surface area contributed by atoms with Gasteiger partial charge in [-0.1, -0.05) is 23.2 Å². The lowest BCUT2D eigenvalue weighted by molar-refractivity contribution is -0.114. The van der Waals surface area contributed by atoms with Crippen LogP contribution in [0.4, 0.5) is 0 Å². The van der Waals surface area contributed by atoms with Crippen molar-refractivity contribution in [2.24, 2.45) is 10.1 Å². The smallest absolute Gasteiger partial charge is 0.283 e. The monoisotopic (exact) mass is 431 g/mol. The summed E-state index contributed by atoms with van der Waals surface area (Å²) in [6, 6.07) is 7.22. The van der Waals surface area contributed by atoms with E-state index in [9.17, 15) is 4.79 Å². The van der Waals surface area contributed by atoms with E-state index in [0.29, 0.717) is 15.2 Å². The molecule has 6 nitrogen and oxygen atoms in total. The minimum atomic E-state index is -0.445. The Kier molecular flexibility index (Phi) is 4.69. The topological polar surface area (TPSA) is 73.8 Å². The van der Waals surface area contributed by atoms with Crippen molar-refractivity contribution >= 4 is 63.0 Å². The first-order valence-corrected chi connectivity index (χ1v) is 9.94. The number of carbonyl (C=O) groups excluding carboxylic acids is 1. The van der Waals surface area contributed by atoms with Crippen LogP contribution in [-0.2, 0) is 4.79 Å². The van der Waals surface area contributed by atoms with Crippen molar-refractivity contribution in [1.29, 1.82) is 5.41 Å². The minimum absolute atomic E-state index is 0.0185. The highest BCUT2D eigenvalue weighted by atomic mass is 35.5. The van der Waals surface area contributed by atoms with Crippen LogP contribution < -0.4 is 0 Å². The van der Waals surface area contributed by atoms with Gasteiger partial charge in [-0.2, -0.15) is 15.1 Å². The number of nitrogens with one attached hydrogen (secondary N) is 1. The van der Waals surface area contributed by atoms with E-state index in [0.717, 1.165) is 27.7 Å². The molecule has 0 aliphatic carbocycles. The number of nitrogens with zero attached hydrogens (tertiary/aromatic N) is 4. The molecule has 0 bridgehead atoms. The number of aliphatic imine (C=N–C) groups is 1. The van der Waals surface area contributed by atoms with Crippen LogP contribution in [0.25, 0.3) is 11.8 Å². The zero-order valence-electron chi connectivity index (χ0n) is 15.2. The van der Waals surface area contributed by atoms with Crippen LogP contribution >= 0.6 is 35.0 Å². The summed E-state index contributed by atoms with van der Waals surface area (Å²) in [4.78, 5) is 16.6. The molecule has 0 fully saturated rings. The molecule has 0 saturated carbocycles. The highest BCUT2D eigenvalue weighted by Crippen LogP contribution is 2.32. The molecular weight excluding hydrogens is 417 g/mol. The number of carbonyl (C=O) groups is 1. The van der Waals surface area contributed by atoms with Gasteiger partial charge in [0.05, 0.1) is 21.3 Å². The van der Waals surface area contributed by atoms with Crippen LogP contribution in [0.1, 0.15) is 23.9 Å². The molecule has 0 saturated heterocycles. The summed E-state index contributed by atoms with van der Waals surface area (Å²) in [6.45, 7) is 5.69. The second-order valence-electron chi connectivity index (χ2n) is 6.40. The molecule has 1 aromatic carbocycles. The zero-order chi connectivity index (χ0) is 20.2. The molecule has 0 unspecified atom stereocenters. The van der Waals surface area contributed by atoms with E-state index in [2.05, 4.69) is 10.1 Å². The standard InChI is InChI=1S/C19H15Cl2N5OS/c1-9-6-12(10(2)25(9)16-8-13(20)4-5-15(16)21)7-14-17(22)26-19(23-18(14)27)28-11(3)24-26/h4-8,22H,1-3H3/b14-7+,22-17?. The maximum Gasteiger partial charge on any atom is 0.283 e. The van der Waals surface area contributed by atoms with Gasteiger partial charge in [-0.3, -0.25) is 10.2 Å². The van der Waals surface area contributed by atoms with Crippen LogP contribution in [0.3, 0.4) is 0 Å². The van der Waals surface area contributed by atoms with E-state index >= 15 is 0 Å². The molecule has 0 spiro atoms. The van der Waals surface area contributed by atoms with E-state index in [4.69, 9.17) is 28.6 Å². The molecule has 0 radical (unpaired) electrons. The maximum absolute atomic E-state index is 12.5. The number of hydrogen-bond donors (Lipinski definition) is 1. The molecule has 2 aliphatic rings. The van der Waals surface area contributed by atoms with Gasteiger partial charge in [0.15, 0.2) is 5.84 Å². The van der Waals surface area contributed by atoms with Gasteiger partial charge < -0.3 is 4.57 Å². The summed E-state index contributed by atoms with van der Waals surface area (Å²) in [5, 5.41) is 16.3. The van der Waals surface area contributed by atoms with Crippen molar-refractivity contribution in [1.82, 2.24) is 9.58 Å². The highest BCUT2D eigenvalue weighted by molar-refractivity contribution is 8.26. The summed E-state index contributed by atoms with van der Waals surface area (Å²) >= 11 is 13.8. The first-order chi connectivity index (χ1) is 13.3. The summed E-state index contributed by atoms with van der Waals surface area (Å²) in [6.07, 6.45) is 1.68. The van der Waals surface area contributed by atoms with Gasteiger partial charge >= 0.3 is 0 Å². The Morgan fingerprint density at radius 1 is 1.18 bits per heavy atom. The van der Waals surface area contributed by atoms with Crippen LogP contribution in [0.2, 0.25) is 10.0 Å². The SMILES string of the molecule is CC1=NN2C(=N)/C(=C\c3cc(C)n(-c4cc(Cl)ccc4Cl)c3C)C(=O)N=C2S1. The summed E-state index contributed by atoms with van der Waals surface area (Å²) in [5.74, 6) is -0.427. The Labute approximate surface area is 176 Å². The highest BCUT2D eigenvalue weighted by Gasteiger charge is 2.34. The van der Waals surface area contributed by atoms with Crippen molar-refractivity contribution in [3.05, 3.63) is 56.8 Å². The van der Waals surface area contributed by atoms with Gasteiger partial charge in [-0.05, 0) is 68.4 Å². The average Bonchev–Trinajstić information content (AvgIpc) is 3.13. The normalized spacial score (nSPS) is 17.9. The van der Waals surface area contributed by atoms with Gasteiger partial charge in [0, 0.05) is 16.4 Å². The molecule has 1 N–H and O–H groups in total. The number of halogens is 2. The fraction of sp³-hybridized carbons (Fsp3) is 0.158. The Morgan fingerprint density at radius 2 is 1.93 bits per heavy atom. The van der Waals surface area contributed by atoms with Gasteiger partial charge in [-0.25, -0.2) is 0 Å². The number of aryl methyl sites for hydroxylation is 1. The van der Waals surface area contributed by atoms with Gasteiger partial charge in [0.2, 0.25) is 5.17 Å². The van der Waals surface area contributed by atoms with E-state index < -0.39 is 5.91 Å². The number of thioether (sulfide) groups is 1. The molecule has 28 heavy (non-hydrogen) atoms. The van der Waals surface area contributed by atoms with Crippen LogP contribution in [-0.4, -0.2) is 31.5 Å². The fourth-order valence-electron chi connectivity index (χ4n) is 3.20. The molecule has 4 rings (SSSR count). The molecule has 1 aromatic heterocycles. The molecule has 3 heterocycles. The van der Waals surface area contributed by atoms with Gasteiger partial charge in [0.1, 0.15) is 0 Å². The Morgan fingerprint density at radius 3 is 2.68 bits per heavy atom. The third-order valence-electron chi connectivity index (χ3n) is 4.47. The minimum Gasteiger partial charge on any atom is -0.316 e. The lowest BCUT2D eigenvalue weighted by Gasteiger charge is -2.20. The molecular formula is C19H15Cl2N5OS. The summed E-state index contributed by atoms with van der Waals surface area (Å²) in [7, 11) is 0. The quantitative estimate of drug-likeness (QED) is 0.676. The summed E-state index contributed by atoms with van der Waals surface area (Å²) < 4.78 is 1.97. The van der Waals surface area contributed by atoms with Crippen LogP contribution in [0.5, 0.6) is 0 Å². The predicted octanol–water partition coefficient (Wildman–Crippen LogP) is 5.04. The molecule has 2 aliphatic heterocycles. The summed E-state index contributed by atoms with van der Waals surface area (Å²) in [5.41, 5.74) is 3.56. The number of fused-ring (bicyclic) bond motifs is 1. The second-order valence-corrected chi connectivity index (χ2v) is 8.40. The number of hydrazone groups is 1. The molecule has 9 heteroatoms. The lowest BCUT2D eigenvalue weighted by Crippen LogP contribution is -2.35. The third-order valence-corrected chi connectivity index (χ3v) is 5.85. The van der Waals surface area contributed by atoms with Gasteiger partial charge in [-0.15, -0.1) is 0 Å². The van der Waals surface area contributed by atoms with Crippen LogP contribution in [0.15, 0.2) is 39.9 Å². The number of amidine groups is 2. The van der Waals surface area contributed by atoms with Crippen molar-refractivity contribution in [2.45, 2.75) is 20.8 Å². The van der Waals surface area contributed by atoms with Crippen molar-refractivity contribution < 1.29 is 4.79 Å². The molecule has 0 atom stereocenters. The zero-order valence-corrected chi connectivity index (χ0v) is 17.6. The van der Waals surface area contributed by atoms with E-state index in [-0.39, 0.29) is 11.4 Å². The average molecular weight is 432 g/mol. The predicted molar refractivity (Wildman–Crippen MR) is 116 cm³/mol. The van der Waals surface area contributed by atoms with E-state index in [1.165, 1.54) is 16.8 Å². The number of benzene rings is 1. The number of amides is 1. The van der Waals surface area contributed by atoms with E-state index in [1.807, 2.05) is 31.4 Å². The van der Waals surface area contributed by atoms with Crippen molar-refractivity contribution in [2.75, 3.05) is 0 Å². The third kappa shape index (κ3) is 3.09. The number of aromatic nitrogens is 1. The molecule has 1 amide bonds. The van der Waals surface area contributed by atoms with E-state index in [1.54, 1.807) is 24.3 Å². The molecule has 142 valence electrons.